The van der Waals surface area contributed by atoms with Crippen molar-refractivity contribution in [3.8, 4) is 6.07 Å². The first kappa shape index (κ1) is 15.9. The number of hydrogen-bond donors (Lipinski definition) is 0. The Bertz CT molecular complexity index is 769. The molecule has 0 atom stereocenters. The summed E-state index contributed by atoms with van der Waals surface area (Å²) < 4.78 is 38.0. The van der Waals surface area contributed by atoms with Gasteiger partial charge in [0.2, 0.25) is 0 Å². The van der Waals surface area contributed by atoms with Gasteiger partial charge in [-0.2, -0.15) is 18.4 Å². The van der Waals surface area contributed by atoms with Crippen molar-refractivity contribution in [2.75, 3.05) is 0 Å². The van der Waals surface area contributed by atoms with Crippen molar-refractivity contribution in [1.82, 2.24) is 0 Å². The highest BCUT2D eigenvalue weighted by atomic mass is 32.2. The van der Waals surface area contributed by atoms with Crippen molar-refractivity contribution in [3.63, 3.8) is 0 Å². The molecule has 0 aliphatic heterocycles. The molecule has 0 spiro atoms. The number of benzene rings is 2. The van der Waals surface area contributed by atoms with Crippen LogP contribution in [0.2, 0.25) is 0 Å². The van der Waals surface area contributed by atoms with Crippen molar-refractivity contribution in [3.05, 3.63) is 63.7 Å². The Labute approximate surface area is 127 Å². The third-order valence-corrected chi connectivity index (χ3v) is 3.75. The minimum atomic E-state index is -4.47. The molecule has 0 amide bonds. The van der Waals surface area contributed by atoms with Crippen LogP contribution in [0.3, 0.4) is 0 Å². The van der Waals surface area contributed by atoms with E-state index in [9.17, 15) is 23.3 Å². The van der Waals surface area contributed by atoms with E-state index in [1.54, 1.807) is 6.07 Å². The smallest absolute Gasteiger partial charge is 0.258 e. The average Bonchev–Trinajstić information content (AvgIpc) is 2.46. The molecule has 4 nitrogen and oxygen atoms in total. The maximum absolute atomic E-state index is 12.7. The Hall–Kier alpha value is -2.53. The summed E-state index contributed by atoms with van der Waals surface area (Å²) in [5, 5.41) is 19.9. The molecular formula is C14H7F3N2O2S. The van der Waals surface area contributed by atoms with Crippen LogP contribution < -0.4 is 0 Å². The summed E-state index contributed by atoms with van der Waals surface area (Å²) in [7, 11) is 0. The largest absolute Gasteiger partial charge is 0.416 e. The van der Waals surface area contributed by atoms with Gasteiger partial charge < -0.3 is 0 Å². The van der Waals surface area contributed by atoms with E-state index in [-0.39, 0.29) is 21.0 Å². The van der Waals surface area contributed by atoms with Gasteiger partial charge >= 0.3 is 6.18 Å². The lowest BCUT2D eigenvalue weighted by Gasteiger charge is -2.09. The number of nitro groups is 1. The summed E-state index contributed by atoms with van der Waals surface area (Å²) >= 11 is 0.874. The first-order chi connectivity index (χ1) is 10.3. The zero-order valence-electron chi connectivity index (χ0n) is 10.8. The van der Waals surface area contributed by atoms with Crippen LogP contribution in [0.15, 0.2) is 52.3 Å². The molecular weight excluding hydrogens is 317 g/mol. The summed E-state index contributed by atoms with van der Waals surface area (Å²) in [6.45, 7) is 0. The first-order valence-corrected chi connectivity index (χ1v) is 6.67. The van der Waals surface area contributed by atoms with Crippen LogP contribution in [-0.4, -0.2) is 4.92 Å². The molecule has 0 heterocycles. The average molecular weight is 324 g/mol. The number of rotatable bonds is 3. The Morgan fingerprint density at radius 1 is 1.18 bits per heavy atom. The van der Waals surface area contributed by atoms with Crippen molar-refractivity contribution in [2.45, 2.75) is 16.0 Å². The maximum atomic E-state index is 12.7. The highest BCUT2D eigenvalue weighted by Crippen LogP contribution is 2.37. The standard InChI is InChI=1S/C14H7F3N2O2S/c15-14(16,17)9-3-1-4-10(7-9)22-13-6-2-5-12(19(20)21)11(13)8-18/h1-7H. The topological polar surface area (TPSA) is 66.9 Å². The Morgan fingerprint density at radius 3 is 2.45 bits per heavy atom. The van der Waals surface area contributed by atoms with Crippen LogP contribution in [0.4, 0.5) is 18.9 Å². The fourth-order valence-corrected chi connectivity index (χ4v) is 2.72. The molecule has 8 heteroatoms. The number of alkyl halides is 3. The second kappa shape index (κ2) is 6.07. The van der Waals surface area contributed by atoms with E-state index in [4.69, 9.17) is 5.26 Å². The number of halogens is 3. The Balaban J connectivity index is 2.42. The minimum Gasteiger partial charge on any atom is -0.258 e. The van der Waals surface area contributed by atoms with Gasteiger partial charge in [0, 0.05) is 15.9 Å². The molecule has 0 saturated carbocycles. The normalized spacial score (nSPS) is 11.0. The van der Waals surface area contributed by atoms with Gasteiger partial charge in [-0.15, -0.1) is 0 Å². The van der Waals surface area contributed by atoms with E-state index in [1.165, 1.54) is 30.3 Å². The number of nitriles is 1. The Morgan fingerprint density at radius 2 is 1.86 bits per heavy atom. The Kier molecular flexibility index (Phi) is 4.37. The molecule has 0 aromatic heterocycles. The van der Waals surface area contributed by atoms with Crippen LogP contribution in [-0.2, 0) is 6.18 Å². The third kappa shape index (κ3) is 3.38. The molecule has 0 saturated heterocycles. The predicted molar refractivity (Wildman–Crippen MR) is 73.4 cm³/mol. The molecule has 2 aromatic rings. The molecule has 0 fully saturated rings. The molecule has 22 heavy (non-hydrogen) atoms. The molecule has 2 aromatic carbocycles. The van der Waals surface area contributed by atoms with Gasteiger partial charge in [-0.25, -0.2) is 0 Å². The lowest BCUT2D eigenvalue weighted by molar-refractivity contribution is -0.385. The fourth-order valence-electron chi connectivity index (χ4n) is 1.73. The molecule has 112 valence electrons. The highest BCUT2D eigenvalue weighted by molar-refractivity contribution is 7.99. The van der Waals surface area contributed by atoms with Crippen LogP contribution in [0, 0.1) is 21.4 Å². The second-order valence-electron chi connectivity index (χ2n) is 4.15. The number of nitro benzene ring substituents is 1. The predicted octanol–water partition coefficient (Wildman–Crippen LogP) is 4.64. The van der Waals surface area contributed by atoms with Crippen LogP contribution >= 0.6 is 11.8 Å². The van der Waals surface area contributed by atoms with Gasteiger partial charge in [-0.05, 0) is 24.3 Å². The molecule has 2 rings (SSSR count). The van der Waals surface area contributed by atoms with Crippen LogP contribution in [0.5, 0.6) is 0 Å². The van der Waals surface area contributed by atoms with E-state index < -0.39 is 16.7 Å². The van der Waals surface area contributed by atoms with Crippen LogP contribution in [0.25, 0.3) is 0 Å². The van der Waals surface area contributed by atoms with Crippen molar-refractivity contribution >= 4 is 17.4 Å². The lowest BCUT2D eigenvalue weighted by atomic mass is 10.2. The van der Waals surface area contributed by atoms with Gasteiger partial charge in [0.05, 0.1) is 10.5 Å². The molecule has 0 aliphatic rings. The van der Waals surface area contributed by atoms with E-state index in [2.05, 4.69) is 0 Å². The quantitative estimate of drug-likeness (QED) is 0.609. The van der Waals surface area contributed by atoms with Crippen LogP contribution in [0.1, 0.15) is 11.1 Å². The molecule has 0 aliphatic carbocycles. The van der Waals surface area contributed by atoms with E-state index in [0.29, 0.717) is 0 Å². The zero-order chi connectivity index (χ0) is 16.3. The summed E-state index contributed by atoms with van der Waals surface area (Å²) in [4.78, 5) is 10.6. The van der Waals surface area contributed by atoms with Crippen molar-refractivity contribution in [2.24, 2.45) is 0 Å². The third-order valence-electron chi connectivity index (χ3n) is 2.70. The van der Waals surface area contributed by atoms with Gasteiger partial charge in [0.1, 0.15) is 11.6 Å². The monoisotopic (exact) mass is 324 g/mol. The maximum Gasteiger partial charge on any atom is 0.416 e. The van der Waals surface area contributed by atoms with Gasteiger partial charge in [-0.1, -0.05) is 23.9 Å². The minimum absolute atomic E-state index is 0.171. The summed E-state index contributed by atoms with van der Waals surface area (Å²) in [6, 6.07) is 10.3. The summed E-state index contributed by atoms with van der Waals surface area (Å²) in [5.74, 6) is 0. The van der Waals surface area contributed by atoms with Crippen molar-refractivity contribution < 1.29 is 18.1 Å². The molecule has 0 N–H and O–H groups in total. The first-order valence-electron chi connectivity index (χ1n) is 5.85. The van der Waals surface area contributed by atoms with Crippen molar-refractivity contribution in [1.29, 1.82) is 5.26 Å². The van der Waals surface area contributed by atoms with Gasteiger partial charge in [0.25, 0.3) is 5.69 Å². The SMILES string of the molecule is N#Cc1c(Sc2cccc(C(F)(F)F)c2)cccc1[N+](=O)[O-]. The van der Waals surface area contributed by atoms with Gasteiger partial charge in [0.15, 0.2) is 0 Å². The van der Waals surface area contributed by atoms with E-state index in [0.717, 1.165) is 23.9 Å². The summed E-state index contributed by atoms with van der Waals surface area (Å²) in [6.07, 6.45) is -4.47. The second-order valence-corrected chi connectivity index (χ2v) is 5.26. The molecule has 0 unspecified atom stereocenters. The lowest BCUT2D eigenvalue weighted by Crippen LogP contribution is -2.04. The highest BCUT2D eigenvalue weighted by Gasteiger charge is 2.30. The molecule has 0 bridgehead atoms. The van der Waals surface area contributed by atoms with E-state index >= 15 is 0 Å². The zero-order valence-corrected chi connectivity index (χ0v) is 11.6. The summed E-state index contributed by atoms with van der Waals surface area (Å²) in [5.41, 5.74) is -1.36. The fraction of sp³-hybridized carbons (Fsp3) is 0.0714. The number of hydrogen-bond acceptors (Lipinski definition) is 4. The number of nitrogens with zero attached hydrogens (tertiary/aromatic N) is 2. The van der Waals surface area contributed by atoms with Gasteiger partial charge in [-0.3, -0.25) is 10.1 Å². The molecule has 0 radical (unpaired) electrons. The van der Waals surface area contributed by atoms with E-state index in [1.807, 2.05) is 0 Å².